The molecule has 164 valence electrons. The first kappa shape index (κ1) is 23.5. The third-order valence-electron chi connectivity index (χ3n) is 5.80. The van der Waals surface area contributed by atoms with Crippen molar-refractivity contribution >= 4 is 24.2 Å². The smallest absolute Gasteiger partial charge is 0.333 e. The number of hydrogen-bond acceptors (Lipinski definition) is 4. The summed E-state index contributed by atoms with van der Waals surface area (Å²) in [6, 6.07) is -0.0985. The Morgan fingerprint density at radius 2 is 2.03 bits per heavy atom. The summed E-state index contributed by atoms with van der Waals surface area (Å²) in [5.74, 6) is 0.175. The normalized spacial score (nSPS) is 21.9. The zero-order valence-corrected chi connectivity index (χ0v) is 17.7. The Bertz CT molecular complexity index is 722. The minimum absolute atomic E-state index is 0. The van der Waals surface area contributed by atoms with E-state index < -0.39 is 6.55 Å². The zero-order valence-electron chi connectivity index (χ0n) is 16.9. The Hall–Kier alpha value is -1.74. The minimum Gasteiger partial charge on any atom is -0.354 e. The molecule has 1 aromatic heterocycles. The first-order valence-electron chi connectivity index (χ1n) is 9.98. The monoisotopic (exact) mass is 433 g/mol. The maximum atomic E-state index is 13.0. The van der Waals surface area contributed by atoms with E-state index in [1.54, 1.807) is 18.7 Å². The Balaban J connectivity index is 0.00000300. The highest BCUT2D eigenvalue weighted by atomic mass is 35.5. The SMILES string of the molecule is Cc1nn(C(F)F)c(C)c1CC(=O)N1CCCC(CNC(=O)C2CCCN2)C1.Cl. The fourth-order valence-electron chi connectivity index (χ4n) is 4.14. The van der Waals surface area contributed by atoms with Crippen molar-refractivity contribution in [3.8, 4) is 0 Å². The van der Waals surface area contributed by atoms with E-state index in [-0.39, 0.29) is 42.6 Å². The average molecular weight is 434 g/mol. The summed E-state index contributed by atoms with van der Waals surface area (Å²) >= 11 is 0. The highest BCUT2D eigenvalue weighted by Crippen LogP contribution is 2.22. The molecule has 3 rings (SSSR count). The highest BCUT2D eigenvalue weighted by Gasteiger charge is 2.28. The van der Waals surface area contributed by atoms with Crippen molar-refractivity contribution in [2.45, 2.75) is 58.5 Å². The highest BCUT2D eigenvalue weighted by molar-refractivity contribution is 5.85. The summed E-state index contributed by atoms with van der Waals surface area (Å²) in [4.78, 5) is 26.7. The van der Waals surface area contributed by atoms with Gasteiger partial charge >= 0.3 is 6.55 Å². The Morgan fingerprint density at radius 3 is 2.66 bits per heavy atom. The second-order valence-corrected chi connectivity index (χ2v) is 7.79. The number of rotatable bonds is 6. The number of alkyl halides is 2. The van der Waals surface area contributed by atoms with Gasteiger partial charge in [0.2, 0.25) is 11.8 Å². The molecular weight excluding hydrogens is 404 g/mol. The number of likely N-dealkylation sites (tertiary alicyclic amines) is 1. The third-order valence-corrected chi connectivity index (χ3v) is 5.80. The van der Waals surface area contributed by atoms with Gasteiger partial charge in [-0.3, -0.25) is 9.59 Å². The van der Waals surface area contributed by atoms with Crippen LogP contribution in [0.15, 0.2) is 0 Å². The predicted molar refractivity (Wildman–Crippen MR) is 107 cm³/mol. The van der Waals surface area contributed by atoms with E-state index in [2.05, 4.69) is 15.7 Å². The summed E-state index contributed by atoms with van der Waals surface area (Å²) in [5, 5.41) is 10.0. The van der Waals surface area contributed by atoms with Crippen LogP contribution >= 0.6 is 12.4 Å². The van der Waals surface area contributed by atoms with Crippen molar-refractivity contribution in [2.75, 3.05) is 26.2 Å². The van der Waals surface area contributed by atoms with Gasteiger partial charge in [0.25, 0.3) is 0 Å². The zero-order chi connectivity index (χ0) is 20.3. The van der Waals surface area contributed by atoms with Gasteiger partial charge in [0.1, 0.15) is 0 Å². The largest absolute Gasteiger partial charge is 0.354 e. The lowest BCUT2D eigenvalue weighted by molar-refractivity contribution is -0.132. The van der Waals surface area contributed by atoms with E-state index in [1.165, 1.54) is 0 Å². The lowest BCUT2D eigenvalue weighted by Crippen LogP contribution is -2.47. The van der Waals surface area contributed by atoms with Gasteiger partial charge in [-0.1, -0.05) is 0 Å². The van der Waals surface area contributed by atoms with Gasteiger partial charge in [-0.15, -0.1) is 12.4 Å². The number of carbonyl (C=O) groups excluding carboxylic acids is 2. The van der Waals surface area contributed by atoms with E-state index in [9.17, 15) is 18.4 Å². The molecule has 0 saturated carbocycles. The van der Waals surface area contributed by atoms with Crippen molar-refractivity contribution in [2.24, 2.45) is 5.92 Å². The lowest BCUT2D eigenvalue weighted by Gasteiger charge is -2.33. The summed E-state index contributed by atoms with van der Waals surface area (Å²) in [7, 11) is 0. The van der Waals surface area contributed by atoms with Gasteiger partial charge in [-0.2, -0.15) is 13.9 Å². The number of hydrogen-bond donors (Lipinski definition) is 2. The van der Waals surface area contributed by atoms with Gasteiger partial charge in [-0.25, -0.2) is 4.68 Å². The van der Waals surface area contributed by atoms with Gasteiger partial charge in [-0.05, 0) is 52.0 Å². The number of nitrogens with zero attached hydrogens (tertiary/aromatic N) is 3. The van der Waals surface area contributed by atoms with Gasteiger partial charge in [0.15, 0.2) is 0 Å². The number of amides is 2. The lowest BCUT2D eigenvalue weighted by atomic mass is 9.97. The second-order valence-electron chi connectivity index (χ2n) is 7.79. The molecule has 3 heterocycles. The number of carbonyl (C=O) groups is 2. The molecule has 0 spiro atoms. The Kier molecular flexibility index (Phi) is 8.39. The van der Waals surface area contributed by atoms with Crippen LogP contribution in [0.5, 0.6) is 0 Å². The maximum absolute atomic E-state index is 13.0. The second kappa shape index (κ2) is 10.3. The molecule has 1 aromatic rings. The van der Waals surface area contributed by atoms with Gasteiger partial charge < -0.3 is 15.5 Å². The van der Waals surface area contributed by atoms with E-state index in [4.69, 9.17) is 0 Å². The molecule has 0 bridgehead atoms. The van der Waals surface area contributed by atoms with Crippen molar-refractivity contribution in [1.82, 2.24) is 25.3 Å². The van der Waals surface area contributed by atoms with Gasteiger partial charge in [0.05, 0.1) is 18.2 Å². The molecule has 10 heteroatoms. The molecule has 0 radical (unpaired) electrons. The molecule has 29 heavy (non-hydrogen) atoms. The molecule has 2 amide bonds. The van der Waals surface area contributed by atoms with Crippen LogP contribution in [-0.2, 0) is 16.0 Å². The van der Waals surface area contributed by atoms with Crippen molar-refractivity contribution in [3.63, 3.8) is 0 Å². The summed E-state index contributed by atoms with van der Waals surface area (Å²) < 4.78 is 26.7. The van der Waals surface area contributed by atoms with Gasteiger partial charge in [0, 0.05) is 30.9 Å². The molecule has 2 atom stereocenters. The molecular formula is C19H30ClF2N5O2. The minimum atomic E-state index is -2.71. The molecule has 2 unspecified atom stereocenters. The van der Waals surface area contributed by atoms with Crippen LogP contribution in [0.4, 0.5) is 8.78 Å². The molecule has 2 aliphatic heterocycles. The van der Waals surface area contributed by atoms with E-state index in [0.29, 0.717) is 41.3 Å². The number of aryl methyl sites for hydroxylation is 1. The molecule has 0 aromatic carbocycles. The van der Waals surface area contributed by atoms with Crippen molar-refractivity contribution in [1.29, 1.82) is 0 Å². The van der Waals surface area contributed by atoms with Crippen LogP contribution in [-0.4, -0.2) is 58.7 Å². The van der Waals surface area contributed by atoms with Crippen molar-refractivity contribution in [3.05, 3.63) is 17.0 Å². The Labute approximate surface area is 176 Å². The molecule has 2 saturated heterocycles. The molecule has 7 nitrogen and oxygen atoms in total. The van der Waals surface area contributed by atoms with Crippen molar-refractivity contribution < 1.29 is 18.4 Å². The molecule has 2 N–H and O–H groups in total. The number of piperidine rings is 1. The van der Waals surface area contributed by atoms with Crippen LogP contribution in [0.2, 0.25) is 0 Å². The van der Waals surface area contributed by atoms with Crippen LogP contribution in [0, 0.1) is 19.8 Å². The van der Waals surface area contributed by atoms with E-state index >= 15 is 0 Å². The first-order valence-corrected chi connectivity index (χ1v) is 9.98. The molecule has 2 fully saturated rings. The molecule has 2 aliphatic rings. The summed E-state index contributed by atoms with van der Waals surface area (Å²) in [6.45, 7) is 3.19. The molecule has 0 aliphatic carbocycles. The Morgan fingerprint density at radius 1 is 1.28 bits per heavy atom. The number of aromatic nitrogens is 2. The number of halogens is 3. The summed E-state index contributed by atoms with van der Waals surface area (Å²) in [5.41, 5.74) is 1.38. The maximum Gasteiger partial charge on any atom is 0.333 e. The van der Waals surface area contributed by atoms with Crippen LogP contribution < -0.4 is 10.6 Å². The third kappa shape index (κ3) is 5.66. The average Bonchev–Trinajstić information content (AvgIpc) is 3.30. The van der Waals surface area contributed by atoms with Crippen LogP contribution in [0.1, 0.15) is 49.2 Å². The standard InChI is InChI=1S/C19H29F2N5O2.ClH/c1-12-15(13(2)26(24-12)19(20)21)9-17(27)25-8-4-5-14(11-25)10-23-18(28)16-6-3-7-22-16;/h14,16,19,22H,3-11H2,1-2H3,(H,23,28);1H. The van der Waals surface area contributed by atoms with Crippen LogP contribution in [0.25, 0.3) is 0 Å². The predicted octanol–water partition coefficient (Wildman–Crippen LogP) is 1.97. The quantitative estimate of drug-likeness (QED) is 0.718. The fourth-order valence-corrected chi connectivity index (χ4v) is 4.14. The first-order chi connectivity index (χ1) is 13.4. The van der Waals surface area contributed by atoms with E-state index in [1.807, 2.05) is 0 Å². The fraction of sp³-hybridized carbons (Fsp3) is 0.737. The summed E-state index contributed by atoms with van der Waals surface area (Å²) in [6.07, 6.45) is 3.80. The van der Waals surface area contributed by atoms with Crippen LogP contribution in [0.3, 0.4) is 0 Å². The number of nitrogens with one attached hydrogen (secondary N) is 2. The van der Waals surface area contributed by atoms with E-state index in [0.717, 1.165) is 32.2 Å². The topological polar surface area (TPSA) is 79.3 Å².